The van der Waals surface area contributed by atoms with Crippen molar-refractivity contribution < 1.29 is 9.18 Å². The summed E-state index contributed by atoms with van der Waals surface area (Å²) in [6, 6.07) is 8.65. The second kappa shape index (κ2) is 8.80. The minimum atomic E-state index is -0.231. The van der Waals surface area contributed by atoms with Crippen LogP contribution in [0.2, 0.25) is 0 Å². The molecule has 0 bridgehead atoms. The van der Waals surface area contributed by atoms with Crippen molar-refractivity contribution in [2.45, 2.75) is 19.4 Å². The SMILES string of the molecule is CN=C(NCCc1cccc(F)c1)NCC(=O)N1CCc2sccc2C1. The molecule has 0 unspecified atom stereocenters. The van der Waals surface area contributed by atoms with Crippen LogP contribution < -0.4 is 10.6 Å². The number of hydrogen-bond acceptors (Lipinski definition) is 3. The minimum Gasteiger partial charge on any atom is -0.356 e. The van der Waals surface area contributed by atoms with Crippen molar-refractivity contribution >= 4 is 23.2 Å². The highest BCUT2D eigenvalue weighted by atomic mass is 32.1. The van der Waals surface area contributed by atoms with Crippen molar-refractivity contribution in [1.82, 2.24) is 15.5 Å². The van der Waals surface area contributed by atoms with Crippen LogP contribution in [0.5, 0.6) is 0 Å². The fourth-order valence-corrected chi connectivity index (χ4v) is 3.86. The lowest BCUT2D eigenvalue weighted by atomic mass is 10.1. The molecule has 0 atom stereocenters. The number of guanidine groups is 1. The highest BCUT2D eigenvalue weighted by Crippen LogP contribution is 2.23. The van der Waals surface area contributed by atoms with Crippen LogP contribution in [0, 0.1) is 5.82 Å². The first kappa shape index (κ1) is 18.4. The van der Waals surface area contributed by atoms with Crippen LogP contribution in [0.1, 0.15) is 16.0 Å². The van der Waals surface area contributed by atoms with Crippen molar-refractivity contribution in [3.05, 3.63) is 57.5 Å². The molecule has 2 aromatic rings. The van der Waals surface area contributed by atoms with Crippen LogP contribution in [0.15, 0.2) is 40.7 Å². The average Bonchev–Trinajstić information content (AvgIpc) is 3.12. The molecule has 0 saturated heterocycles. The van der Waals surface area contributed by atoms with Crippen molar-refractivity contribution in [1.29, 1.82) is 0 Å². The average molecular weight is 374 g/mol. The van der Waals surface area contributed by atoms with E-state index >= 15 is 0 Å². The number of fused-ring (bicyclic) bond motifs is 1. The Bertz CT molecular complexity index is 789. The number of aliphatic imine (C=N–C) groups is 1. The maximum atomic E-state index is 13.2. The Morgan fingerprint density at radius 2 is 2.23 bits per heavy atom. The first-order valence-electron chi connectivity index (χ1n) is 8.67. The molecule has 2 heterocycles. The summed E-state index contributed by atoms with van der Waals surface area (Å²) in [6.07, 6.45) is 1.61. The largest absolute Gasteiger partial charge is 0.356 e. The molecule has 138 valence electrons. The Morgan fingerprint density at radius 3 is 3.04 bits per heavy atom. The summed E-state index contributed by atoms with van der Waals surface area (Å²) >= 11 is 1.76. The zero-order valence-corrected chi connectivity index (χ0v) is 15.6. The molecule has 1 aromatic carbocycles. The van der Waals surface area contributed by atoms with Gasteiger partial charge in [0.2, 0.25) is 5.91 Å². The minimum absolute atomic E-state index is 0.0648. The number of amides is 1. The number of halogens is 1. The van der Waals surface area contributed by atoms with Gasteiger partial charge in [0.05, 0.1) is 6.54 Å². The molecule has 1 aliphatic rings. The smallest absolute Gasteiger partial charge is 0.242 e. The third-order valence-corrected chi connectivity index (χ3v) is 5.41. The second-order valence-corrected chi connectivity index (χ2v) is 7.17. The summed E-state index contributed by atoms with van der Waals surface area (Å²) in [7, 11) is 1.67. The molecule has 0 fully saturated rings. The predicted octanol–water partition coefficient (Wildman–Crippen LogP) is 2.18. The molecule has 0 saturated carbocycles. The van der Waals surface area contributed by atoms with Crippen LogP contribution in [-0.4, -0.2) is 43.4 Å². The van der Waals surface area contributed by atoms with Gasteiger partial charge < -0.3 is 15.5 Å². The Balaban J connectivity index is 1.42. The highest BCUT2D eigenvalue weighted by Gasteiger charge is 2.21. The number of nitrogens with one attached hydrogen (secondary N) is 2. The lowest BCUT2D eigenvalue weighted by molar-refractivity contribution is -0.130. The summed E-state index contributed by atoms with van der Waals surface area (Å²) < 4.78 is 13.2. The number of nitrogens with zero attached hydrogens (tertiary/aromatic N) is 2. The third kappa shape index (κ3) is 4.82. The van der Waals surface area contributed by atoms with Gasteiger partial charge in [-0.05, 0) is 47.5 Å². The van der Waals surface area contributed by atoms with Gasteiger partial charge in [-0.15, -0.1) is 11.3 Å². The van der Waals surface area contributed by atoms with Crippen LogP contribution in [0.25, 0.3) is 0 Å². The maximum absolute atomic E-state index is 13.2. The van der Waals surface area contributed by atoms with E-state index in [1.807, 2.05) is 11.0 Å². The number of carbonyl (C=O) groups excluding carboxylic acids is 1. The van der Waals surface area contributed by atoms with E-state index in [0.717, 1.165) is 18.5 Å². The molecule has 0 aliphatic carbocycles. The Hall–Kier alpha value is -2.41. The molecular formula is C19H23FN4OS. The highest BCUT2D eigenvalue weighted by molar-refractivity contribution is 7.10. The Morgan fingerprint density at radius 1 is 1.35 bits per heavy atom. The predicted molar refractivity (Wildman–Crippen MR) is 103 cm³/mol. The molecule has 0 radical (unpaired) electrons. The first-order chi connectivity index (χ1) is 12.7. The molecule has 0 spiro atoms. The summed E-state index contributed by atoms with van der Waals surface area (Å²) in [4.78, 5) is 19.8. The second-order valence-electron chi connectivity index (χ2n) is 6.17. The lowest BCUT2D eigenvalue weighted by Gasteiger charge is -2.27. The summed E-state index contributed by atoms with van der Waals surface area (Å²) in [5, 5.41) is 8.30. The van der Waals surface area contributed by atoms with Crippen LogP contribution in [0.4, 0.5) is 4.39 Å². The van der Waals surface area contributed by atoms with E-state index in [-0.39, 0.29) is 18.3 Å². The molecule has 2 N–H and O–H groups in total. The Kier molecular flexibility index (Phi) is 6.22. The van der Waals surface area contributed by atoms with Crippen molar-refractivity contribution in [2.75, 3.05) is 26.7 Å². The molecular weight excluding hydrogens is 351 g/mol. The van der Waals surface area contributed by atoms with E-state index in [0.29, 0.717) is 25.5 Å². The Labute approximate surface area is 156 Å². The molecule has 1 amide bonds. The van der Waals surface area contributed by atoms with Gasteiger partial charge in [-0.3, -0.25) is 9.79 Å². The number of hydrogen-bond donors (Lipinski definition) is 2. The lowest BCUT2D eigenvalue weighted by Crippen LogP contribution is -2.46. The van der Waals surface area contributed by atoms with Gasteiger partial charge in [0.25, 0.3) is 0 Å². The van der Waals surface area contributed by atoms with Gasteiger partial charge in [-0.1, -0.05) is 12.1 Å². The van der Waals surface area contributed by atoms with Crippen LogP contribution in [-0.2, 0) is 24.2 Å². The third-order valence-electron chi connectivity index (χ3n) is 4.39. The van der Waals surface area contributed by atoms with Crippen molar-refractivity contribution in [3.8, 4) is 0 Å². The van der Waals surface area contributed by atoms with E-state index < -0.39 is 0 Å². The normalized spacial score (nSPS) is 14.1. The topological polar surface area (TPSA) is 56.7 Å². The van der Waals surface area contributed by atoms with Gasteiger partial charge in [0.15, 0.2) is 5.96 Å². The zero-order chi connectivity index (χ0) is 18.4. The van der Waals surface area contributed by atoms with Gasteiger partial charge >= 0.3 is 0 Å². The molecule has 26 heavy (non-hydrogen) atoms. The standard InChI is InChI=1S/C19H23FN4OS/c1-21-19(22-8-5-14-3-2-4-16(20)11-14)23-12-18(25)24-9-6-17-15(13-24)7-10-26-17/h2-4,7,10-11H,5-6,8-9,12-13H2,1H3,(H2,21,22,23). The van der Waals surface area contributed by atoms with Crippen LogP contribution in [0.3, 0.4) is 0 Å². The molecule has 5 nitrogen and oxygen atoms in total. The molecule has 7 heteroatoms. The van der Waals surface area contributed by atoms with E-state index in [1.165, 1.54) is 22.6 Å². The first-order valence-corrected chi connectivity index (χ1v) is 9.55. The summed E-state index contributed by atoms with van der Waals surface area (Å²) in [6.45, 7) is 2.27. The fourth-order valence-electron chi connectivity index (χ4n) is 2.97. The van der Waals surface area contributed by atoms with Gasteiger partial charge in [-0.2, -0.15) is 0 Å². The van der Waals surface area contributed by atoms with Gasteiger partial charge in [0.1, 0.15) is 5.82 Å². The summed E-state index contributed by atoms with van der Waals surface area (Å²) in [5.41, 5.74) is 2.18. The van der Waals surface area contributed by atoms with Gasteiger partial charge in [0, 0.05) is 31.6 Å². The number of rotatable bonds is 5. The van der Waals surface area contributed by atoms with E-state index in [1.54, 1.807) is 24.5 Å². The monoisotopic (exact) mass is 374 g/mol. The van der Waals surface area contributed by atoms with Crippen molar-refractivity contribution in [2.24, 2.45) is 4.99 Å². The van der Waals surface area contributed by atoms with E-state index in [4.69, 9.17) is 0 Å². The molecule has 3 rings (SSSR count). The maximum Gasteiger partial charge on any atom is 0.242 e. The van der Waals surface area contributed by atoms with Gasteiger partial charge in [-0.25, -0.2) is 4.39 Å². The molecule has 1 aliphatic heterocycles. The van der Waals surface area contributed by atoms with Crippen molar-refractivity contribution in [3.63, 3.8) is 0 Å². The number of benzene rings is 1. The summed E-state index contributed by atoms with van der Waals surface area (Å²) in [5.74, 6) is 0.406. The zero-order valence-electron chi connectivity index (χ0n) is 14.8. The number of carbonyl (C=O) groups is 1. The van der Waals surface area contributed by atoms with E-state index in [2.05, 4.69) is 27.1 Å². The van der Waals surface area contributed by atoms with E-state index in [9.17, 15) is 9.18 Å². The number of thiophene rings is 1. The molecule has 1 aromatic heterocycles. The van der Waals surface area contributed by atoms with Crippen LogP contribution >= 0.6 is 11.3 Å². The quantitative estimate of drug-likeness (QED) is 0.623. The fraction of sp³-hybridized carbons (Fsp3) is 0.368.